The molecule has 2 heterocycles. The molecule has 0 spiro atoms. The lowest BCUT2D eigenvalue weighted by Crippen LogP contribution is -2.56. The van der Waals surface area contributed by atoms with Crippen LogP contribution in [0.2, 0.25) is 0 Å². The van der Waals surface area contributed by atoms with Gasteiger partial charge in [0.1, 0.15) is 5.75 Å². The van der Waals surface area contributed by atoms with Gasteiger partial charge < -0.3 is 19.5 Å². The van der Waals surface area contributed by atoms with Crippen LogP contribution in [0.5, 0.6) is 5.75 Å². The fourth-order valence-electron chi connectivity index (χ4n) is 5.71. The van der Waals surface area contributed by atoms with E-state index >= 15 is 0 Å². The highest BCUT2D eigenvalue weighted by molar-refractivity contribution is 5.90. The summed E-state index contributed by atoms with van der Waals surface area (Å²) < 4.78 is 5.33. The largest absolute Gasteiger partial charge is 0.497 e. The number of ether oxygens (including phenoxy) is 1. The molecular weight excluding hydrogens is 426 g/mol. The second kappa shape index (κ2) is 9.53. The number of methoxy groups -OCH3 is 1. The van der Waals surface area contributed by atoms with Crippen LogP contribution in [-0.4, -0.2) is 59.9 Å². The molecule has 1 saturated heterocycles. The van der Waals surface area contributed by atoms with Crippen molar-refractivity contribution >= 4 is 22.7 Å². The Bertz CT molecular complexity index is 1150. The molecule has 0 unspecified atom stereocenters. The lowest BCUT2D eigenvalue weighted by molar-refractivity contribution is -0.144. The van der Waals surface area contributed by atoms with E-state index in [1.54, 1.807) is 7.11 Å². The average molecular weight is 460 g/mol. The molecule has 6 heteroatoms. The minimum Gasteiger partial charge on any atom is -0.497 e. The Morgan fingerprint density at radius 1 is 0.912 bits per heavy atom. The Kier molecular flexibility index (Phi) is 6.31. The molecule has 1 aromatic heterocycles. The van der Waals surface area contributed by atoms with Crippen LogP contribution in [-0.2, 0) is 21.4 Å². The zero-order chi connectivity index (χ0) is 23.5. The number of para-hydroxylation sites is 1. The Labute approximate surface area is 200 Å². The van der Waals surface area contributed by atoms with Crippen molar-refractivity contribution in [3.8, 4) is 5.75 Å². The summed E-state index contributed by atoms with van der Waals surface area (Å²) in [6, 6.07) is 16.1. The van der Waals surface area contributed by atoms with Crippen molar-refractivity contribution < 1.29 is 14.3 Å². The first-order chi connectivity index (χ1) is 16.6. The number of hydrogen-bond acceptors (Lipinski definition) is 3. The van der Waals surface area contributed by atoms with E-state index in [0.29, 0.717) is 32.6 Å². The van der Waals surface area contributed by atoms with E-state index in [9.17, 15) is 9.59 Å². The van der Waals surface area contributed by atoms with Gasteiger partial charge in [-0.2, -0.15) is 0 Å². The first-order valence-electron chi connectivity index (χ1n) is 12.4. The van der Waals surface area contributed by atoms with E-state index in [4.69, 9.17) is 4.74 Å². The van der Waals surface area contributed by atoms with Crippen LogP contribution in [0.3, 0.4) is 0 Å². The van der Waals surface area contributed by atoms with Gasteiger partial charge in [0.05, 0.1) is 18.9 Å². The standard InChI is InChI=1S/C28H33N3O3/c1-34-23-11-9-22(10-12-23)28(13-5-2-6-14-28)27(33)31-17-15-30(16-18-31)26(32)19-21-20-29-25-8-4-3-7-24(21)25/h3-4,7-12,20,29H,2,5-6,13-19H2,1H3. The molecule has 5 rings (SSSR count). The van der Waals surface area contributed by atoms with Crippen molar-refractivity contribution in [3.05, 3.63) is 65.9 Å². The molecule has 34 heavy (non-hydrogen) atoms. The van der Waals surface area contributed by atoms with E-state index < -0.39 is 5.41 Å². The molecule has 0 atom stereocenters. The van der Waals surface area contributed by atoms with Gasteiger partial charge in [-0.3, -0.25) is 9.59 Å². The number of carbonyl (C=O) groups excluding carboxylic acids is 2. The quantitative estimate of drug-likeness (QED) is 0.619. The number of H-pyrrole nitrogens is 1. The molecule has 0 bridgehead atoms. The summed E-state index contributed by atoms with van der Waals surface area (Å²) in [5.74, 6) is 1.16. The van der Waals surface area contributed by atoms with Crippen molar-refractivity contribution in [1.82, 2.24) is 14.8 Å². The van der Waals surface area contributed by atoms with E-state index in [0.717, 1.165) is 53.5 Å². The normalized spacial score (nSPS) is 18.1. The minimum atomic E-state index is -0.458. The minimum absolute atomic E-state index is 0.124. The smallest absolute Gasteiger partial charge is 0.233 e. The molecule has 1 aliphatic heterocycles. The number of piperazine rings is 1. The van der Waals surface area contributed by atoms with Gasteiger partial charge in [0.15, 0.2) is 0 Å². The summed E-state index contributed by atoms with van der Waals surface area (Å²) in [6.07, 6.45) is 7.41. The molecule has 2 amide bonds. The average Bonchev–Trinajstić information content (AvgIpc) is 3.31. The number of aromatic nitrogens is 1. The molecule has 0 radical (unpaired) electrons. The number of hydrogen-bond donors (Lipinski definition) is 1. The maximum absolute atomic E-state index is 13.9. The molecule has 6 nitrogen and oxygen atoms in total. The van der Waals surface area contributed by atoms with Crippen molar-refractivity contribution in [2.75, 3.05) is 33.3 Å². The number of aromatic amines is 1. The third-order valence-electron chi connectivity index (χ3n) is 7.70. The second-order valence-electron chi connectivity index (χ2n) is 9.58. The lowest BCUT2D eigenvalue weighted by Gasteiger charge is -2.43. The van der Waals surface area contributed by atoms with Gasteiger partial charge in [-0.15, -0.1) is 0 Å². The Morgan fingerprint density at radius 2 is 1.59 bits per heavy atom. The monoisotopic (exact) mass is 459 g/mol. The van der Waals surface area contributed by atoms with Crippen molar-refractivity contribution in [2.45, 2.75) is 43.9 Å². The Hall–Kier alpha value is -3.28. The zero-order valence-corrected chi connectivity index (χ0v) is 19.9. The summed E-state index contributed by atoms with van der Waals surface area (Å²) in [6.45, 7) is 2.37. The first-order valence-corrected chi connectivity index (χ1v) is 12.4. The maximum Gasteiger partial charge on any atom is 0.233 e. The van der Waals surface area contributed by atoms with Gasteiger partial charge in [0.2, 0.25) is 11.8 Å². The molecule has 1 saturated carbocycles. The predicted octanol–water partition coefficient (Wildman–Crippen LogP) is 4.29. The van der Waals surface area contributed by atoms with Crippen LogP contribution in [0.25, 0.3) is 10.9 Å². The number of nitrogens with zero attached hydrogens (tertiary/aromatic N) is 2. The fraction of sp³-hybridized carbons (Fsp3) is 0.429. The number of nitrogens with one attached hydrogen (secondary N) is 1. The highest BCUT2D eigenvalue weighted by atomic mass is 16.5. The number of fused-ring (bicyclic) bond motifs is 1. The molecule has 2 aliphatic rings. The number of amides is 2. The summed E-state index contributed by atoms with van der Waals surface area (Å²) >= 11 is 0. The molecule has 2 aromatic carbocycles. The van der Waals surface area contributed by atoms with Crippen molar-refractivity contribution in [3.63, 3.8) is 0 Å². The SMILES string of the molecule is COc1ccc(C2(C(=O)N3CCN(C(=O)Cc4c[nH]c5ccccc45)CC3)CCCCC2)cc1. The Morgan fingerprint density at radius 3 is 2.29 bits per heavy atom. The molecule has 178 valence electrons. The van der Waals surface area contributed by atoms with Crippen LogP contribution >= 0.6 is 0 Å². The zero-order valence-electron chi connectivity index (χ0n) is 19.9. The molecule has 2 fully saturated rings. The van der Waals surface area contributed by atoms with E-state index in [-0.39, 0.29) is 11.8 Å². The van der Waals surface area contributed by atoms with E-state index in [2.05, 4.69) is 17.1 Å². The molecule has 1 N–H and O–H groups in total. The van der Waals surface area contributed by atoms with Gasteiger partial charge in [0.25, 0.3) is 0 Å². The van der Waals surface area contributed by atoms with Gasteiger partial charge >= 0.3 is 0 Å². The van der Waals surface area contributed by atoms with Gasteiger partial charge in [0, 0.05) is 43.3 Å². The number of rotatable bonds is 5. The third kappa shape index (κ3) is 4.17. The van der Waals surface area contributed by atoms with Gasteiger partial charge in [-0.1, -0.05) is 49.6 Å². The van der Waals surface area contributed by atoms with Crippen LogP contribution in [0.15, 0.2) is 54.7 Å². The fourth-order valence-corrected chi connectivity index (χ4v) is 5.71. The van der Waals surface area contributed by atoms with Crippen LogP contribution in [0.4, 0.5) is 0 Å². The summed E-state index contributed by atoms with van der Waals surface area (Å²) in [4.78, 5) is 34.1. The Balaban J connectivity index is 1.26. The first kappa shape index (κ1) is 22.5. The van der Waals surface area contributed by atoms with E-state index in [1.165, 1.54) is 6.42 Å². The van der Waals surface area contributed by atoms with Crippen LogP contribution < -0.4 is 4.74 Å². The molecular formula is C28H33N3O3. The second-order valence-corrected chi connectivity index (χ2v) is 9.58. The summed E-state index contributed by atoms with van der Waals surface area (Å²) in [5.41, 5.74) is 2.72. The highest BCUT2D eigenvalue weighted by Gasteiger charge is 2.44. The summed E-state index contributed by atoms with van der Waals surface area (Å²) in [5, 5.41) is 1.10. The lowest BCUT2D eigenvalue weighted by atomic mass is 9.68. The van der Waals surface area contributed by atoms with Gasteiger partial charge in [-0.25, -0.2) is 0 Å². The third-order valence-corrected chi connectivity index (χ3v) is 7.70. The topological polar surface area (TPSA) is 65.6 Å². The molecule has 1 aliphatic carbocycles. The predicted molar refractivity (Wildman–Crippen MR) is 133 cm³/mol. The number of benzene rings is 2. The van der Waals surface area contributed by atoms with Gasteiger partial charge in [-0.05, 0) is 42.2 Å². The summed E-state index contributed by atoms with van der Waals surface area (Å²) in [7, 11) is 1.66. The van der Waals surface area contributed by atoms with Crippen LogP contribution in [0.1, 0.15) is 43.2 Å². The number of carbonyl (C=O) groups is 2. The van der Waals surface area contributed by atoms with Crippen molar-refractivity contribution in [1.29, 1.82) is 0 Å². The highest BCUT2D eigenvalue weighted by Crippen LogP contribution is 2.41. The van der Waals surface area contributed by atoms with E-state index in [1.807, 2.05) is 52.4 Å². The maximum atomic E-state index is 13.9. The van der Waals surface area contributed by atoms with Crippen LogP contribution in [0, 0.1) is 0 Å². The molecule has 3 aromatic rings. The van der Waals surface area contributed by atoms with Crippen molar-refractivity contribution in [2.24, 2.45) is 0 Å².